The smallest absolute Gasteiger partial charge is 0.320 e. The first-order valence-corrected chi connectivity index (χ1v) is 17.4. The molecule has 0 radical (unpaired) electrons. The molecule has 14 nitrogen and oxygen atoms in total. The topological polar surface area (TPSA) is 155 Å². The van der Waals surface area contributed by atoms with E-state index in [1.54, 1.807) is 4.90 Å². The Bertz CT molecular complexity index is 1060. The molecule has 1 fully saturated rings. The summed E-state index contributed by atoms with van der Waals surface area (Å²) in [4.78, 5) is 82.2. The lowest BCUT2D eigenvalue weighted by Gasteiger charge is -2.34. The number of amides is 2. The Kier molecular flexibility index (Phi) is 18.4. The molecule has 0 atom stereocenters. The zero-order valence-corrected chi connectivity index (χ0v) is 31.8. The number of nitrogens with zero attached hydrogens (tertiary/aromatic N) is 4. The Hall–Kier alpha value is -3.10. The number of rotatable bonds is 13. The van der Waals surface area contributed by atoms with Gasteiger partial charge in [-0.25, -0.2) is 0 Å². The van der Waals surface area contributed by atoms with E-state index in [9.17, 15) is 28.8 Å². The average Bonchev–Trinajstić information content (AvgIpc) is 2.91. The van der Waals surface area contributed by atoms with Crippen molar-refractivity contribution in [2.45, 2.75) is 112 Å². The number of hydrogen-bond acceptors (Lipinski definition) is 12. The standard InChI is InChI=1S/C35H63N5O9/c1-27(41)32(46)36-15-13-11-12-14-28(42)40-22-20-38(25-30(44)48-34(5,6)7)18-16-37(24-29(43)47-33(2,3)4)17-19-39(21-23-40)26-31(45)49-35(8,9)10/h11-26H2,1-10H3,(H,36,46). The second kappa shape index (κ2) is 20.5. The summed E-state index contributed by atoms with van der Waals surface area (Å²) in [5.74, 6) is -2.33. The van der Waals surface area contributed by atoms with Crippen LogP contribution in [0.25, 0.3) is 0 Å². The minimum Gasteiger partial charge on any atom is -0.459 e. The van der Waals surface area contributed by atoms with Gasteiger partial charge in [-0.2, -0.15) is 0 Å². The van der Waals surface area contributed by atoms with Crippen molar-refractivity contribution in [1.82, 2.24) is 24.9 Å². The maximum atomic E-state index is 13.5. The fraction of sp³-hybridized carbons (Fsp3) is 0.829. The van der Waals surface area contributed by atoms with Crippen molar-refractivity contribution in [1.29, 1.82) is 0 Å². The van der Waals surface area contributed by atoms with Crippen LogP contribution in [0.1, 0.15) is 94.9 Å². The largest absolute Gasteiger partial charge is 0.459 e. The van der Waals surface area contributed by atoms with Crippen molar-refractivity contribution in [3.05, 3.63) is 0 Å². The molecule has 0 bridgehead atoms. The molecule has 1 aliphatic rings. The van der Waals surface area contributed by atoms with Crippen LogP contribution in [-0.4, -0.2) is 150 Å². The molecule has 1 aliphatic heterocycles. The number of ether oxygens (including phenoxy) is 3. The zero-order valence-electron chi connectivity index (χ0n) is 31.8. The number of hydrogen-bond donors (Lipinski definition) is 1. The van der Waals surface area contributed by atoms with Gasteiger partial charge < -0.3 is 24.4 Å². The number of ketones is 1. The van der Waals surface area contributed by atoms with Crippen molar-refractivity contribution in [2.75, 3.05) is 78.5 Å². The summed E-state index contributed by atoms with van der Waals surface area (Å²) in [6.45, 7) is 21.2. The molecule has 0 aromatic carbocycles. The Balaban J connectivity index is 3.15. The Morgan fingerprint density at radius 2 is 0.878 bits per heavy atom. The van der Waals surface area contributed by atoms with Gasteiger partial charge in [0.1, 0.15) is 16.8 Å². The average molecular weight is 698 g/mol. The van der Waals surface area contributed by atoms with Crippen LogP contribution in [0.5, 0.6) is 0 Å². The molecule has 0 spiro atoms. The number of carbonyl (C=O) groups excluding carboxylic acids is 6. The number of nitrogens with one attached hydrogen (secondary N) is 1. The molecule has 0 aromatic rings. The van der Waals surface area contributed by atoms with Crippen molar-refractivity contribution in [3.8, 4) is 0 Å². The van der Waals surface area contributed by atoms with Gasteiger partial charge in [-0.15, -0.1) is 0 Å². The molecule has 0 saturated carbocycles. The molecule has 14 heteroatoms. The van der Waals surface area contributed by atoms with Crippen molar-refractivity contribution < 1.29 is 43.0 Å². The van der Waals surface area contributed by atoms with Crippen LogP contribution in [0, 0.1) is 0 Å². The molecule has 0 unspecified atom stereocenters. The minimum atomic E-state index is -0.652. The van der Waals surface area contributed by atoms with Crippen LogP contribution in [0.15, 0.2) is 0 Å². The first kappa shape index (κ1) is 43.9. The number of esters is 3. The van der Waals surface area contributed by atoms with Gasteiger partial charge in [0.15, 0.2) is 0 Å². The number of carbonyl (C=O) groups is 6. The predicted molar refractivity (Wildman–Crippen MR) is 186 cm³/mol. The molecular weight excluding hydrogens is 634 g/mol. The highest BCUT2D eigenvalue weighted by Crippen LogP contribution is 2.12. The molecule has 2 amide bonds. The summed E-state index contributed by atoms with van der Waals surface area (Å²) < 4.78 is 16.8. The van der Waals surface area contributed by atoms with Gasteiger partial charge in [0.2, 0.25) is 11.7 Å². The van der Waals surface area contributed by atoms with E-state index in [1.165, 1.54) is 6.92 Å². The van der Waals surface area contributed by atoms with E-state index in [0.717, 1.165) is 0 Å². The van der Waals surface area contributed by atoms with Gasteiger partial charge in [-0.1, -0.05) is 6.42 Å². The molecule has 1 saturated heterocycles. The van der Waals surface area contributed by atoms with E-state index < -0.39 is 28.5 Å². The van der Waals surface area contributed by atoms with Crippen LogP contribution < -0.4 is 5.32 Å². The molecule has 0 aliphatic carbocycles. The molecule has 1 heterocycles. The lowest BCUT2D eigenvalue weighted by molar-refractivity contribution is -0.158. The summed E-state index contributed by atoms with van der Waals surface area (Å²) in [5, 5.41) is 2.57. The Morgan fingerprint density at radius 3 is 1.20 bits per heavy atom. The quantitative estimate of drug-likeness (QED) is 0.130. The Labute approximate surface area is 293 Å². The van der Waals surface area contributed by atoms with Crippen molar-refractivity contribution in [3.63, 3.8) is 0 Å². The summed E-state index contributed by atoms with van der Waals surface area (Å²) in [5.41, 5.74) is -1.95. The summed E-state index contributed by atoms with van der Waals surface area (Å²) in [6, 6.07) is 0. The van der Waals surface area contributed by atoms with Crippen molar-refractivity contribution >= 4 is 35.5 Å². The fourth-order valence-corrected chi connectivity index (χ4v) is 4.99. The highest BCUT2D eigenvalue weighted by Gasteiger charge is 2.26. The van der Waals surface area contributed by atoms with E-state index in [4.69, 9.17) is 14.2 Å². The van der Waals surface area contributed by atoms with Gasteiger partial charge in [0.05, 0.1) is 19.6 Å². The molecule has 1 rings (SSSR count). The highest BCUT2D eigenvalue weighted by atomic mass is 16.6. The maximum Gasteiger partial charge on any atom is 0.320 e. The minimum absolute atomic E-state index is 0.0241. The van der Waals surface area contributed by atoms with Gasteiger partial charge in [-0.3, -0.25) is 43.5 Å². The van der Waals surface area contributed by atoms with E-state index >= 15 is 0 Å². The molecule has 0 aromatic heterocycles. The second-order valence-corrected chi connectivity index (χ2v) is 15.6. The van der Waals surface area contributed by atoms with Gasteiger partial charge in [-0.05, 0) is 75.2 Å². The van der Waals surface area contributed by atoms with Crippen LogP contribution in [0.3, 0.4) is 0 Å². The monoisotopic (exact) mass is 697 g/mol. The number of Topliss-reactive ketones (excluding diaryl/α,β-unsaturated/α-hetero) is 1. The van der Waals surface area contributed by atoms with E-state index in [2.05, 4.69) is 5.32 Å². The third kappa shape index (κ3) is 22.3. The van der Waals surface area contributed by atoms with E-state index in [0.29, 0.717) is 84.6 Å². The normalized spacial score (nSPS) is 16.6. The first-order chi connectivity index (χ1) is 22.5. The van der Waals surface area contributed by atoms with E-state index in [-0.39, 0.29) is 43.4 Å². The molecule has 49 heavy (non-hydrogen) atoms. The third-order valence-corrected chi connectivity index (χ3v) is 7.18. The molecular formula is C35H63N5O9. The van der Waals surface area contributed by atoms with E-state index in [1.807, 2.05) is 77.0 Å². The van der Waals surface area contributed by atoms with Gasteiger partial charge in [0, 0.05) is 72.2 Å². The van der Waals surface area contributed by atoms with Crippen LogP contribution in [0.2, 0.25) is 0 Å². The van der Waals surface area contributed by atoms with Gasteiger partial charge >= 0.3 is 17.9 Å². The molecule has 282 valence electrons. The summed E-state index contributed by atoms with van der Waals surface area (Å²) in [7, 11) is 0. The lowest BCUT2D eigenvalue weighted by atomic mass is 10.1. The van der Waals surface area contributed by atoms with Crippen LogP contribution >= 0.6 is 0 Å². The van der Waals surface area contributed by atoms with Gasteiger partial charge in [0.25, 0.3) is 5.91 Å². The third-order valence-electron chi connectivity index (χ3n) is 7.18. The first-order valence-electron chi connectivity index (χ1n) is 17.4. The fourth-order valence-electron chi connectivity index (χ4n) is 4.99. The van der Waals surface area contributed by atoms with Crippen LogP contribution in [0.4, 0.5) is 0 Å². The SMILES string of the molecule is CC(=O)C(=O)NCCCCCC(=O)N1CCN(CC(=O)OC(C)(C)C)CCN(CC(=O)OC(C)(C)C)CCN(CC(=O)OC(C)(C)C)CC1. The predicted octanol–water partition coefficient (Wildman–Crippen LogP) is 2.03. The zero-order chi connectivity index (χ0) is 37.4. The summed E-state index contributed by atoms with van der Waals surface area (Å²) >= 11 is 0. The van der Waals surface area contributed by atoms with Crippen LogP contribution in [-0.2, 0) is 43.0 Å². The maximum absolute atomic E-state index is 13.5. The Morgan fingerprint density at radius 1 is 0.531 bits per heavy atom. The summed E-state index contributed by atoms with van der Waals surface area (Å²) in [6.07, 6.45) is 2.23. The molecule has 1 N–H and O–H groups in total. The van der Waals surface area contributed by atoms with Crippen molar-refractivity contribution in [2.24, 2.45) is 0 Å². The lowest BCUT2D eigenvalue weighted by Crippen LogP contribution is -2.50. The number of unbranched alkanes of at least 4 members (excludes halogenated alkanes) is 2. The highest BCUT2D eigenvalue weighted by molar-refractivity contribution is 6.35. The second-order valence-electron chi connectivity index (χ2n) is 15.6.